The first-order chi connectivity index (χ1) is 14.5. The molecule has 0 amide bonds. The summed E-state index contributed by atoms with van der Waals surface area (Å²) in [6.45, 7) is 3.86. The van der Waals surface area contributed by atoms with E-state index in [1.54, 1.807) is 22.5 Å². The molecule has 0 saturated carbocycles. The number of fused-ring (bicyclic) bond motifs is 2. The molecule has 3 aromatic rings. The number of thiophene rings is 1. The quantitative estimate of drug-likeness (QED) is 0.607. The second kappa shape index (κ2) is 8.22. The van der Waals surface area contributed by atoms with Crippen LogP contribution in [0.1, 0.15) is 21.7 Å². The Kier molecular flexibility index (Phi) is 5.60. The van der Waals surface area contributed by atoms with E-state index in [1.807, 2.05) is 29.5 Å². The van der Waals surface area contributed by atoms with E-state index in [0.29, 0.717) is 23.0 Å². The van der Waals surface area contributed by atoms with Crippen molar-refractivity contribution in [2.75, 3.05) is 19.6 Å². The van der Waals surface area contributed by atoms with Gasteiger partial charge in [-0.2, -0.15) is 4.31 Å². The third kappa shape index (κ3) is 4.02. The van der Waals surface area contributed by atoms with Crippen LogP contribution in [0.2, 0.25) is 5.02 Å². The maximum Gasteiger partial charge on any atom is 0.243 e. The second-order valence-electron chi connectivity index (χ2n) is 7.97. The summed E-state index contributed by atoms with van der Waals surface area (Å²) in [5, 5.41) is 9.44. The van der Waals surface area contributed by atoms with E-state index in [4.69, 9.17) is 11.6 Å². The van der Waals surface area contributed by atoms with Gasteiger partial charge in [-0.25, -0.2) is 8.42 Å². The molecular formula is C22H24ClN3O2S2. The van der Waals surface area contributed by atoms with Crippen LogP contribution in [-0.4, -0.2) is 38.4 Å². The van der Waals surface area contributed by atoms with Crippen LogP contribution >= 0.6 is 22.9 Å². The predicted octanol–water partition coefficient (Wildman–Crippen LogP) is 3.75. The van der Waals surface area contributed by atoms with Crippen LogP contribution in [0.3, 0.4) is 0 Å². The van der Waals surface area contributed by atoms with E-state index in [2.05, 4.69) is 16.7 Å². The van der Waals surface area contributed by atoms with Crippen LogP contribution in [0.15, 0.2) is 47.4 Å². The van der Waals surface area contributed by atoms with Gasteiger partial charge < -0.3 is 10.6 Å². The molecule has 1 fully saturated rings. The fourth-order valence-electron chi connectivity index (χ4n) is 4.26. The minimum Gasteiger partial charge on any atom is -0.312 e. The number of nitrogens with zero attached hydrogens (tertiary/aromatic N) is 1. The molecule has 5 nitrogen and oxygen atoms in total. The molecule has 0 spiro atoms. The fourth-order valence-corrected chi connectivity index (χ4v) is 7.12. The largest absolute Gasteiger partial charge is 0.312 e. The van der Waals surface area contributed by atoms with Gasteiger partial charge in [0.25, 0.3) is 0 Å². The number of sulfonamides is 1. The van der Waals surface area contributed by atoms with Crippen LogP contribution in [-0.2, 0) is 29.5 Å². The van der Waals surface area contributed by atoms with E-state index in [0.717, 1.165) is 43.2 Å². The lowest BCUT2D eigenvalue weighted by molar-refractivity contribution is 0.457. The first-order valence-corrected chi connectivity index (χ1v) is 12.9. The van der Waals surface area contributed by atoms with Gasteiger partial charge in [0.2, 0.25) is 10.0 Å². The zero-order valence-corrected chi connectivity index (χ0v) is 18.9. The molecule has 1 aromatic heterocycles. The summed E-state index contributed by atoms with van der Waals surface area (Å²) < 4.78 is 27.9. The third-order valence-electron chi connectivity index (χ3n) is 5.92. The first-order valence-electron chi connectivity index (χ1n) is 10.2. The van der Waals surface area contributed by atoms with Crippen LogP contribution in [0, 0.1) is 0 Å². The maximum atomic E-state index is 13.2. The van der Waals surface area contributed by atoms with E-state index in [1.165, 1.54) is 15.3 Å². The number of nitrogens with one attached hydrogen (secondary N) is 2. The van der Waals surface area contributed by atoms with Crippen molar-refractivity contribution in [1.29, 1.82) is 0 Å². The van der Waals surface area contributed by atoms with Gasteiger partial charge in [-0.15, -0.1) is 11.3 Å². The molecule has 0 unspecified atom stereocenters. The summed E-state index contributed by atoms with van der Waals surface area (Å²) in [4.78, 5) is 3.16. The molecule has 2 aromatic carbocycles. The SMILES string of the molecule is O=S(=O)(c1ccc2cc(Cl)ccc2c1)N1CC[C@H](NCc2cc3c(s2)CCNC3)C1. The Labute approximate surface area is 186 Å². The Morgan fingerprint density at radius 1 is 1.17 bits per heavy atom. The van der Waals surface area contributed by atoms with Crippen LogP contribution < -0.4 is 10.6 Å². The van der Waals surface area contributed by atoms with Gasteiger partial charge in [-0.1, -0.05) is 23.7 Å². The molecule has 0 aliphatic carbocycles. The van der Waals surface area contributed by atoms with Crippen molar-refractivity contribution < 1.29 is 8.42 Å². The lowest BCUT2D eigenvalue weighted by Gasteiger charge is -2.17. The molecule has 5 rings (SSSR count). The first kappa shape index (κ1) is 20.4. The highest BCUT2D eigenvalue weighted by atomic mass is 35.5. The van der Waals surface area contributed by atoms with Crippen molar-refractivity contribution >= 4 is 43.7 Å². The van der Waals surface area contributed by atoms with Crippen LogP contribution in [0.5, 0.6) is 0 Å². The Morgan fingerprint density at radius 2 is 2.00 bits per heavy atom. The number of halogens is 1. The highest BCUT2D eigenvalue weighted by Gasteiger charge is 2.32. The Hall–Kier alpha value is -1.48. The van der Waals surface area contributed by atoms with Gasteiger partial charge in [-0.05, 0) is 59.5 Å². The second-order valence-corrected chi connectivity index (χ2v) is 11.6. The number of hydrogen-bond donors (Lipinski definition) is 2. The van der Waals surface area contributed by atoms with E-state index < -0.39 is 10.0 Å². The van der Waals surface area contributed by atoms with Crippen molar-refractivity contribution in [2.45, 2.75) is 36.9 Å². The van der Waals surface area contributed by atoms with Crippen LogP contribution in [0.4, 0.5) is 0 Å². The summed E-state index contributed by atoms with van der Waals surface area (Å²) in [6, 6.07) is 13.2. The van der Waals surface area contributed by atoms with Gasteiger partial charge in [0.15, 0.2) is 0 Å². The maximum absolute atomic E-state index is 13.2. The molecule has 2 aliphatic heterocycles. The van der Waals surface area contributed by atoms with Gasteiger partial charge in [0, 0.05) is 53.5 Å². The molecule has 1 atom stereocenters. The zero-order chi connectivity index (χ0) is 20.7. The van der Waals surface area contributed by atoms with Crippen LogP contribution in [0.25, 0.3) is 10.8 Å². The standard InChI is InChI=1S/C22H24ClN3O2S2/c23-18-3-1-16-11-21(4-2-15(16)9-18)30(27,28)26-8-6-19(14-26)25-13-20-10-17-12-24-7-5-22(17)29-20/h1-4,9-11,19,24-25H,5-8,12-14H2/t19-/m0/s1. The van der Waals surface area contributed by atoms with E-state index in [9.17, 15) is 8.42 Å². The summed E-state index contributed by atoms with van der Waals surface area (Å²) >= 11 is 7.92. The Morgan fingerprint density at radius 3 is 2.87 bits per heavy atom. The molecule has 158 valence electrons. The normalized spacial score (nSPS) is 20.0. The molecule has 0 bridgehead atoms. The monoisotopic (exact) mass is 461 g/mol. The number of benzene rings is 2. The molecular weight excluding hydrogens is 438 g/mol. The summed E-state index contributed by atoms with van der Waals surface area (Å²) in [7, 11) is -3.50. The van der Waals surface area contributed by atoms with Crippen molar-refractivity contribution in [3.05, 3.63) is 62.8 Å². The van der Waals surface area contributed by atoms with Gasteiger partial charge in [0.05, 0.1) is 4.90 Å². The minimum atomic E-state index is -3.50. The van der Waals surface area contributed by atoms with E-state index in [-0.39, 0.29) is 6.04 Å². The molecule has 1 saturated heterocycles. The molecule has 0 radical (unpaired) electrons. The fraction of sp³-hybridized carbons (Fsp3) is 0.364. The number of hydrogen-bond acceptors (Lipinski definition) is 5. The van der Waals surface area contributed by atoms with Gasteiger partial charge in [0.1, 0.15) is 0 Å². The van der Waals surface area contributed by atoms with Crippen molar-refractivity contribution in [2.24, 2.45) is 0 Å². The molecule has 2 aliphatic rings. The Balaban J connectivity index is 1.25. The highest BCUT2D eigenvalue weighted by molar-refractivity contribution is 7.89. The Bertz CT molecular complexity index is 1170. The zero-order valence-electron chi connectivity index (χ0n) is 16.5. The summed E-state index contributed by atoms with van der Waals surface area (Å²) in [5.74, 6) is 0. The summed E-state index contributed by atoms with van der Waals surface area (Å²) in [5.41, 5.74) is 1.41. The lowest BCUT2D eigenvalue weighted by Crippen LogP contribution is -2.34. The third-order valence-corrected chi connectivity index (χ3v) is 9.25. The summed E-state index contributed by atoms with van der Waals surface area (Å²) in [6.07, 6.45) is 1.93. The molecule has 8 heteroatoms. The van der Waals surface area contributed by atoms with Crippen molar-refractivity contribution in [3.8, 4) is 0 Å². The van der Waals surface area contributed by atoms with Gasteiger partial charge >= 0.3 is 0 Å². The minimum absolute atomic E-state index is 0.177. The van der Waals surface area contributed by atoms with Crippen molar-refractivity contribution in [3.63, 3.8) is 0 Å². The molecule has 2 N–H and O–H groups in total. The molecule has 30 heavy (non-hydrogen) atoms. The topological polar surface area (TPSA) is 61.4 Å². The average molecular weight is 462 g/mol. The lowest BCUT2D eigenvalue weighted by atomic mass is 10.1. The number of rotatable bonds is 5. The van der Waals surface area contributed by atoms with Crippen molar-refractivity contribution in [1.82, 2.24) is 14.9 Å². The highest BCUT2D eigenvalue weighted by Crippen LogP contribution is 2.28. The van der Waals surface area contributed by atoms with Gasteiger partial charge in [-0.3, -0.25) is 0 Å². The van der Waals surface area contributed by atoms with E-state index >= 15 is 0 Å². The predicted molar refractivity (Wildman–Crippen MR) is 123 cm³/mol. The average Bonchev–Trinajstić information content (AvgIpc) is 3.38. The smallest absolute Gasteiger partial charge is 0.243 e. The molecule has 3 heterocycles.